The minimum atomic E-state index is -1.12. The van der Waals surface area contributed by atoms with Crippen molar-refractivity contribution < 1.29 is 13.6 Å². The molecule has 0 spiro atoms. The number of carbonyl (C=O) groups is 1. The Balaban J connectivity index is 2.57. The maximum Gasteiger partial charge on any atom is 0.196 e. The molecule has 0 aliphatic rings. The molecule has 2 rings (SSSR count). The molecule has 98 valence electrons. The Kier molecular flexibility index (Phi) is 3.34. The fourth-order valence-corrected chi connectivity index (χ4v) is 1.87. The van der Waals surface area contributed by atoms with Crippen LogP contribution in [0.4, 0.5) is 14.5 Å². The van der Waals surface area contributed by atoms with Gasteiger partial charge in [-0.05, 0) is 37.1 Å². The van der Waals surface area contributed by atoms with E-state index in [9.17, 15) is 13.6 Å². The first kappa shape index (κ1) is 13.2. The molecular weight excluding hydrogens is 248 g/mol. The van der Waals surface area contributed by atoms with Crippen molar-refractivity contribution in [1.29, 1.82) is 0 Å². The van der Waals surface area contributed by atoms with Crippen molar-refractivity contribution in [3.8, 4) is 0 Å². The SMILES string of the molecule is Cc1ccc(C(=O)c2cccc(N)c2C)c(F)c1F. The van der Waals surface area contributed by atoms with Crippen molar-refractivity contribution in [2.45, 2.75) is 13.8 Å². The van der Waals surface area contributed by atoms with Gasteiger partial charge in [-0.15, -0.1) is 0 Å². The predicted octanol–water partition coefficient (Wildman–Crippen LogP) is 3.39. The first-order valence-electron chi connectivity index (χ1n) is 5.78. The monoisotopic (exact) mass is 261 g/mol. The zero-order valence-electron chi connectivity index (χ0n) is 10.6. The van der Waals surface area contributed by atoms with Gasteiger partial charge in [0.05, 0.1) is 5.56 Å². The largest absolute Gasteiger partial charge is 0.398 e. The summed E-state index contributed by atoms with van der Waals surface area (Å²) in [5, 5.41) is 0. The van der Waals surface area contributed by atoms with Crippen molar-refractivity contribution in [2.24, 2.45) is 0 Å². The van der Waals surface area contributed by atoms with Gasteiger partial charge < -0.3 is 5.73 Å². The summed E-state index contributed by atoms with van der Waals surface area (Å²) < 4.78 is 27.3. The van der Waals surface area contributed by atoms with Crippen LogP contribution in [0.25, 0.3) is 0 Å². The summed E-state index contributed by atoms with van der Waals surface area (Å²) in [5.41, 5.74) is 6.88. The third kappa shape index (κ3) is 2.21. The first-order chi connectivity index (χ1) is 8.93. The molecule has 0 aromatic heterocycles. The van der Waals surface area contributed by atoms with Gasteiger partial charge >= 0.3 is 0 Å². The predicted molar refractivity (Wildman–Crippen MR) is 70.1 cm³/mol. The highest BCUT2D eigenvalue weighted by Gasteiger charge is 2.20. The number of rotatable bonds is 2. The van der Waals surface area contributed by atoms with Crippen LogP contribution in [-0.4, -0.2) is 5.78 Å². The Morgan fingerprint density at radius 2 is 1.68 bits per heavy atom. The van der Waals surface area contributed by atoms with E-state index in [1.165, 1.54) is 19.1 Å². The normalized spacial score (nSPS) is 10.5. The van der Waals surface area contributed by atoms with Crippen LogP contribution in [0.15, 0.2) is 30.3 Å². The number of nitrogens with two attached hydrogens (primary N) is 1. The molecule has 2 aromatic carbocycles. The number of aryl methyl sites for hydroxylation is 1. The van der Waals surface area contributed by atoms with Crippen LogP contribution in [0.3, 0.4) is 0 Å². The third-order valence-corrected chi connectivity index (χ3v) is 3.14. The van der Waals surface area contributed by atoms with Crippen LogP contribution in [-0.2, 0) is 0 Å². The maximum absolute atomic E-state index is 13.8. The van der Waals surface area contributed by atoms with Crippen LogP contribution < -0.4 is 5.73 Å². The van der Waals surface area contributed by atoms with E-state index in [4.69, 9.17) is 5.73 Å². The molecule has 2 N–H and O–H groups in total. The van der Waals surface area contributed by atoms with E-state index in [2.05, 4.69) is 0 Å². The van der Waals surface area contributed by atoms with Crippen LogP contribution in [0.5, 0.6) is 0 Å². The van der Waals surface area contributed by atoms with E-state index in [1.807, 2.05) is 0 Å². The molecule has 19 heavy (non-hydrogen) atoms. The molecule has 2 nitrogen and oxygen atoms in total. The summed E-state index contributed by atoms with van der Waals surface area (Å²) in [4.78, 5) is 12.2. The zero-order chi connectivity index (χ0) is 14.2. The number of carbonyl (C=O) groups excluding carboxylic acids is 1. The number of nitrogen functional groups attached to an aromatic ring is 1. The van der Waals surface area contributed by atoms with E-state index in [1.54, 1.807) is 25.1 Å². The van der Waals surface area contributed by atoms with Gasteiger partial charge in [-0.3, -0.25) is 4.79 Å². The van der Waals surface area contributed by atoms with Crippen LogP contribution in [0, 0.1) is 25.5 Å². The van der Waals surface area contributed by atoms with Gasteiger partial charge in [0.2, 0.25) is 0 Å². The summed E-state index contributed by atoms with van der Waals surface area (Å²) in [6, 6.07) is 7.48. The molecule has 0 aliphatic carbocycles. The van der Waals surface area contributed by atoms with Crippen LogP contribution in [0.2, 0.25) is 0 Å². The Morgan fingerprint density at radius 1 is 1.00 bits per heavy atom. The van der Waals surface area contributed by atoms with E-state index in [0.29, 0.717) is 11.3 Å². The van der Waals surface area contributed by atoms with Crippen molar-refractivity contribution in [3.63, 3.8) is 0 Å². The highest BCUT2D eigenvalue weighted by Crippen LogP contribution is 2.22. The van der Waals surface area contributed by atoms with E-state index in [0.717, 1.165) is 0 Å². The highest BCUT2D eigenvalue weighted by molar-refractivity contribution is 6.10. The molecular formula is C15H13F2NO. The third-order valence-electron chi connectivity index (χ3n) is 3.14. The zero-order valence-corrected chi connectivity index (χ0v) is 10.6. The van der Waals surface area contributed by atoms with Crippen molar-refractivity contribution >= 4 is 11.5 Å². The Bertz CT molecular complexity index is 665. The average Bonchev–Trinajstić information content (AvgIpc) is 2.39. The van der Waals surface area contributed by atoms with Gasteiger partial charge in [0.25, 0.3) is 0 Å². The van der Waals surface area contributed by atoms with Crippen molar-refractivity contribution in [2.75, 3.05) is 5.73 Å². The van der Waals surface area contributed by atoms with Gasteiger partial charge in [-0.2, -0.15) is 0 Å². The summed E-state index contributed by atoms with van der Waals surface area (Å²) in [7, 11) is 0. The Labute approximate surface area is 109 Å². The maximum atomic E-state index is 13.8. The van der Waals surface area contributed by atoms with Crippen molar-refractivity contribution in [1.82, 2.24) is 0 Å². The molecule has 0 aliphatic heterocycles. The first-order valence-corrected chi connectivity index (χ1v) is 5.78. The van der Waals surface area contributed by atoms with E-state index >= 15 is 0 Å². The summed E-state index contributed by atoms with van der Waals surface area (Å²) in [6.45, 7) is 3.11. The van der Waals surface area contributed by atoms with E-state index < -0.39 is 17.4 Å². The fraction of sp³-hybridized carbons (Fsp3) is 0.133. The molecule has 0 saturated heterocycles. The Morgan fingerprint density at radius 3 is 2.37 bits per heavy atom. The number of benzene rings is 2. The summed E-state index contributed by atoms with van der Waals surface area (Å²) >= 11 is 0. The standard InChI is InChI=1S/C15H13F2NO/c1-8-6-7-11(14(17)13(8)16)15(19)10-4-3-5-12(18)9(10)2/h3-7H,18H2,1-2H3. The lowest BCUT2D eigenvalue weighted by Gasteiger charge is -2.09. The average molecular weight is 261 g/mol. The number of hydrogen-bond donors (Lipinski definition) is 1. The lowest BCUT2D eigenvalue weighted by atomic mass is 9.97. The fourth-order valence-electron chi connectivity index (χ4n) is 1.87. The van der Waals surface area contributed by atoms with Gasteiger partial charge in [0.15, 0.2) is 17.4 Å². The molecule has 0 atom stereocenters. The molecule has 2 aromatic rings. The van der Waals surface area contributed by atoms with Crippen LogP contribution >= 0.6 is 0 Å². The number of ketones is 1. The van der Waals surface area contributed by atoms with Gasteiger partial charge in [0.1, 0.15) is 0 Å². The second-order valence-electron chi connectivity index (χ2n) is 4.41. The second kappa shape index (κ2) is 4.80. The summed E-state index contributed by atoms with van der Waals surface area (Å²) in [6.07, 6.45) is 0. The minimum absolute atomic E-state index is 0.165. The quantitative estimate of drug-likeness (QED) is 0.665. The molecule has 0 bridgehead atoms. The second-order valence-corrected chi connectivity index (χ2v) is 4.41. The van der Waals surface area contributed by atoms with E-state index in [-0.39, 0.29) is 16.7 Å². The topological polar surface area (TPSA) is 43.1 Å². The summed E-state index contributed by atoms with van der Waals surface area (Å²) in [5.74, 6) is -2.68. The molecule has 0 saturated carbocycles. The van der Waals surface area contributed by atoms with Gasteiger partial charge in [0, 0.05) is 11.3 Å². The molecule has 4 heteroatoms. The van der Waals surface area contributed by atoms with Gasteiger partial charge in [-0.25, -0.2) is 8.78 Å². The van der Waals surface area contributed by atoms with Gasteiger partial charge in [-0.1, -0.05) is 18.2 Å². The molecule has 0 amide bonds. The smallest absolute Gasteiger partial charge is 0.196 e. The Hall–Kier alpha value is -2.23. The lowest BCUT2D eigenvalue weighted by molar-refractivity contribution is 0.103. The lowest BCUT2D eigenvalue weighted by Crippen LogP contribution is -2.09. The number of halogens is 2. The van der Waals surface area contributed by atoms with Crippen molar-refractivity contribution in [3.05, 3.63) is 64.2 Å². The molecule has 0 radical (unpaired) electrons. The van der Waals surface area contributed by atoms with Crippen LogP contribution in [0.1, 0.15) is 27.0 Å². The molecule has 0 heterocycles. The number of hydrogen-bond acceptors (Lipinski definition) is 2. The number of anilines is 1. The molecule has 0 fully saturated rings. The molecule has 0 unspecified atom stereocenters. The minimum Gasteiger partial charge on any atom is -0.398 e. The highest BCUT2D eigenvalue weighted by atomic mass is 19.2.